The van der Waals surface area contributed by atoms with Crippen LogP contribution < -0.4 is 16.8 Å². The lowest BCUT2D eigenvalue weighted by molar-refractivity contribution is 0.100. The van der Waals surface area contributed by atoms with Crippen molar-refractivity contribution in [2.75, 3.05) is 11.1 Å². The second-order valence-electron chi connectivity index (χ2n) is 4.79. The Bertz CT molecular complexity index is 822. The summed E-state index contributed by atoms with van der Waals surface area (Å²) in [5.41, 5.74) is 13.7. The van der Waals surface area contributed by atoms with Crippen LogP contribution in [0.2, 0.25) is 0 Å². The van der Waals surface area contributed by atoms with Crippen LogP contribution in [0.25, 0.3) is 10.8 Å². The lowest BCUT2D eigenvalue weighted by atomic mass is 10.1. The maximum absolute atomic E-state index is 11.6. The fraction of sp³-hybridized carbons (Fsp3) is 0. The maximum atomic E-state index is 11.6. The van der Waals surface area contributed by atoms with Gasteiger partial charge in [-0.3, -0.25) is 4.79 Å². The second-order valence-corrected chi connectivity index (χ2v) is 4.79. The molecule has 0 aliphatic carbocycles. The van der Waals surface area contributed by atoms with Gasteiger partial charge in [0.2, 0.25) is 0 Å². The highest BCUT2D eigenvalue weighted by atomic mass is 16.1. The molecule has 0 aromatic heterocycles. The fourth-order valence-corrected chi connectivity index (χ4v) is 2.38. The van der Waals surface area contributed by atoms with Gasteiger partial charge in [-0.1, -0.05) is 42.5 Å². The van der Waals surface area contributed by atoms with Crippen LogP contribution in [0.15, 0.2) is 60.7 Å². The molecule has 104 valence electrons. The normalized spacial score (nSPS) is 10.5. The molecule has 0 aliphatic heterocycles. The third kappa shape index (κ3) is 2.39. The van der Waals surface area contributed by atoms with Gasteiger partial charge in [0.15, 0.2) is 0 Å². The Kier molecular flexibility index (Phi) is 3.20. The summed E-state index contributed by atoms with van der Waals surface area (Å²) < 4.78 is 0. The molecule has 0 saturated carbocycles. The van der Waals surface area contributed by atoms with E-state index in [0.717, 1.165) is 16.5 Å². The minimum atomic E-state index is -0.509. The summed E-state index contributed by atoms with van der Waals surface area (Å²) in [4.78, 5) is 11.6. The summed E-state index contributed by atoms with van der Waals surface area (Å²) in [7, 11) is 0. The van der Waals surface area contributed by atoms with Gasteiger partial charge in [0.25, 0.3) is 5.91 Å². The molecule has 3 aromatic rings. The van der Waals surface area contributed by atoms with E-state index in [0.29, 0.717) is 16.9 Å². The smallest absolute Gasteiger partial charge is 0.250 e. The van der Waals surface area contributed by atoms with Crippen molar-refractivity contribution in [2.24, 2.45) is 5.73 Å². The van der Waals surface area contributed by atoms with Crippen molar-refractivity contribution in [1.82, 2.24) is 0 Å². The number of amides is 1. The molecule has 1 amide bonds. The zero-order valence-corrected chi connectivity index (χ0v) is 11.3. The number of benzene rings is 3. The lowest BCUT2D eigenvalue weighted by Crippen LogP contribution is -2.14. The van der Waals surface area contributed by atoms with Crippen molar-refractivity contribution in [2.45, 2.75) is 0 Å². The molecule has 0 spiro atoms. The van der Waals surface area contributed by atoms with Crippen LogP contribution in [-0.2, 0) is 0 Å². The topological polar surface area (TPSA) is 81.1 Å². The largest absolute Gasteiger partial charge is 0.397 e. The number of nitrogens with one attached hydrogen (secondary N) is 1. The van der Waals surface area contributed by atoms with Gasteiger partial charge >= 0.3 is 0 Å². The third-order valence-electron chi connectivity index (χ3n) is 3.41. The molecule has 4 nitrogen and oxygen atoms in total. The van der Waals surface area contributed by atoms with Crippen LogP contribution in [0.5, 0.6) is 0 Å². The van der Waals surface area contributed by atoms with Crippen molar-refractivity contribution < 1.29 is 4.79 Å². The molecular weight excluding hydrogens is 262 g/mol. The average Bonchev–Trinajstić information content (AvgIpc) is 2.49. The van der Waals surface area contributed by atoms with Crippen LogP contribution in [-0.4, -0.2) is 5.91 Å². The number of anilines is 3. The van der Waals surface area contributed by atoms with Gasteiger partial charge in [-0.15, -0.1) is 0 Å². The summed E-state index contributed by atoms with van der Waals surface area (Å²) in [6.45, 7) is 0. The first-order valence-electron chi connectivity index (χ1n) is 6.60. The Morgan fingerprint density at radius 3 is 2.43 bits per heavy atom. The van der Waals surface area contributed by atoms with Crippen LogP contribution in [0.4, 0.5) is 17.1 Å². The van der Waals surface area contributed by atoms with E-state index >= 15 is 0 Å². The molecule has 4 heteroatoms. The number of para-hydroxylation sites is 1. The highest BCUT2D eigenvalue weighted by Crippen LogP contribution is 2.31. The molecular formula is C17H15N3O. The third-order valence-corrected chi connectivity index (χ3v) is 3.41. The van der Waals surface area contributed by atoms with Gasteiger partial charge < -0.3 is 16.8 Å². The van der Waals surface area contributed by atoms with E-state index < -0.39 is 5.91 Å². The zero-order valence-electron chi connectivity index (χ0n) is 11.3. The predicted molar refractivity (Wildman–Crippen MR) is 86.6 cm³/mol. The summed E-state index contributed by atoms with van der Waals surface area (Å²) in [6, 6.07) is 19.0. The van der Waals surface area contributed by atoms with Crippen LogP contribution in [0.3, 0.4) is 0 Å². The van der Waals surface area contributed by atoms with Crippen LogP contribution in [0.1, 0.15) is 10.4 Å². The minimum Gasteiger partial charge on any atom is -0.397 e. The summed E-state index contributed by atoms with van der Waals surface area (Å²) in [5, 5.41) is 5.40. The Hall–Kier alpha value is -3.01. The first-order valence-corrected chi connectivity index (χ1v) is 6.60. The van der Waals surface area contributed by atoms with Gasteiger partial charge in [-0.25, -0.2) is 0 Å². The van der Waals surface area contributed by atoms with E-state index in [2.05, 4.69) is 5.32 Å². The summed E-state index contributed by atoms with van der Waals surface area (Å²) in [5.74, 6) is -0.509. The number of rotatable bonds is 3. The number of carbonyl (C=O) groups is 1. The Morgan fingerprint density at radius 1 is 0.905 bits per heavy atom. The number of carbonyl (C=O) groups excluding carboxylic acids is 1. The van der Waals surface area contributed by atoms with Gasteiger partial charge in [0, 0.05) is 11.1 Å². The van der Waals surface area contributed by atoms with E-state index in [4.69, 9.17) is 11.5 Å². The number of hydrogen-bond donors (Lipinski definition) is 3. The van der Waals surface area contributed by atoms with Crippen LogP contribution >= 0.6 is 0 Å². The number of nitrogen functional groups attached to an aromatic ring is 1. The van der Waals surface area contributed by atoms with E-state index in [1.807, 2.05) is 42.5 Å². The fourth-order valence-electron chi connectivity index (χ4n) is 2.38. The molecule has 0 aliphatic rings. The lowest BCUT2D eigenvalue weighted by Gasteiger charge is -2.14. The van der Waals surface area contributed by atoms with Crippen molar-refractivity contribution >= 4 is 33.7 Å². The molecule has 0 bridgehead atoms. The van der Waals surface area contributed by atoms with Crippen molar-refractivity contribution in [3.63, 3.8) is 0 Å². The molecule has 0 saturated heterocycles. The quantitative estimate of drug-likeness (QED) is 0.643. The highest BCUT2D eigenvalue weighted by Gasteiger charge is 2.12. The van der Waals surface area contributed by atoms with Gasteiger partial charge in [-0.05, 0) is 23.6 Å². The Labute approximate surface area is 122 Å². The monoisotopic (exact) mass is 277 g/mol. The van der Waals surface area contributed by atoms with Crippen molar-refractivity contribution in [3.05, 3.63) is 66.2 Å². The molecule has 21 heavy (non-hydrogen) atoms. The van der Waals surface area contributed by atoms with Gasteiger partial charge in [0.05, 0.1) is 16.9 Å². The molecule has 0 atom stereocenters. The molecule has 3 rings (SSSR count). The van der Waals surface area contributed by atoms with E-state index in [9.17, 15) is 4.79 Å². The minimum absolute atomic E-state index is 0.378. The standard InChI is InChI=1S/C17H15N3O/c18-14-9-4-8-13(17(19)21)16(14)20-15-10-3-6-11-5-1-2-7-12(11)15/h1-10,20H,18H2,(H2,19,21). The molecule has 0 radical (unpaired) electrons. The maximum Gasteiger partial charge on any atom is 0.250 e. The second kappa shape index (κ2) is 5.17. The molecule has 0 fully saturated rings. The van der Waals surface area contributed by atoms with E-state index in [1.165, 1.54) is 0 Å². The van der Waals surface area contributed by atoms with E-state index in [-0.39, 0.29) is 0 Å². The number of fused-ring (bicyclic) bond motifs is 1. The SMILES string of the molecule is NC(=O)c1cccc(N)c1Nc1cccc2ccccc12. The van der Waals surface area contributed by atoms with Crippen LogP contribution in [0, 0.1) is 0 Å². The molecule has 0 heterocycles. The van der Waals surface area contributed by atoms with Crippen molar-refractivity contribution in [3.8, 4) is 0 Å². The number of primary amides is 1. The Morgan fingerprint density at radius 2 is 1.62 bits per heavy atom. The zero-order chi connectivity index (χ0) is 14.8. The number of nitrogens with two attached hydrogens (primary N) is 2. The predicted octanol–water partition coefficient (Wildman–Crippen LogP) is 3.26. The number of hydrogen-bond acceptors (Lipinski definition) is 3. The van der Waals surface area contributed by atoms with Crippen molar-refractivity contribution in [1.29, 1.82) is 0 Å². The molecule has 0 unspecified atom stereocenters. The first-order chi connectivity index (χ1) is 10.2. The molecule has 3 aromatic carbocycles. The van der Waals surface area contributed by atoms with Gasteiger partial charge in [-0.2, -0.15) is 0 Å². The van der Waals surface area contributed by atoms with E-state index in [1.54, 1.807) is 18.2 Å². The highest BCUT2D eigenvalue weighted by molar-refractivity contribution is 6.04. The summed E-state index contributed by atoms with van der Waals surface area (Å²) >= 11 is 0. The molecule has 5 N–H and O–H groups in total. The first kappa shape index (κ1) is 13.0. The average molecular weight is 277 g/mol. The van der Waals surface area contributed by atoms with Gasteiger partial charge in [0.1, 0.15) is 0 Å². The Balaban J connectivity index is 2.13. The summed E-state index contributed by atoms with van der Waals surface area (Å²) in [6.07, 6.45) is 0.